The van der Waals surface area contributed by atoms with Crippen LogP contribution in [0.2, 0.25) is 5.02 Å². The normalized spacial score (nSPS) is 10.7. The number of nitrogens with one attached hydrogen (secondary N) is 2. The van der Waals surface area contributed by atoms with Gasteiger partial charge in [0.25, 0.3) is 5.91 Å². The van der Waals surface area contributed by atoms with E-state index in [2.05, 4.69) is 10.6 Å². The van der Waals surface area contributed by atoms with Crippen molar-refractivity contribution in [1.82, 2.24) is 5.32 Å². The van der Waals surface area contributed by atoms with Crippen LogP contribution in [-0.4, -0.2) is 18.9 Å². The van der Waals surface area contributed by atoms with E-state index >= 15 is 0 Å². The number of benzene rings is 1. The molecule has 0 aliphatic carbocycles. The van der Waals surface area contributed by atoms with Crippen molar-refractivity contribution in [3.63, 3.8) is 0 Å². The summed E-state index contributed by atoms with van der Waals surface area (Å²) in [6, 6.07) is 8.28. The van der Waals surface area contributed by atoms with Gasteiger partial charge in [-0.3, -0.25) is 9.59 Å². The largest absolute Gasteiger partial charge is 0.462 e. The second-order valence-corrected chi connectivity index (χ2v) is 4.95. The molecule has 0 aliphatic heterocycles. The number of rotatable bonds is 4. The summed E-state index contributed by atoms with van der Waals surface area (Å²) in [7, 11) is 1.51. The van der Waals surface area contributed by atoms with E-state index in [1.54, 1.807) is 24.3 Å². The molecule has 114 valence electrons. The van der Waals surface area contributed by atoms with Crippen LogP contribution < -0.4 is 10.6 Å². The second-order valence-electron chi connectivity index (χ2n) is 4.54. The molecule has 0 unspecified atom stereocenters. The van der Waals surface area contributed by atoms with Gasteiger partial charge in [0, 0.05) is 18.8 Å². The molecule has 0 fully saturated rings. The molecule has 0 saturated carbocycles. The predicted octanol–water partition coefficient (Wildman–Crippen LogP) is 3.25. The van der Waals surface area contributed by atoms with E-state index in [0.29, 0.717) is 22.0 Å². The minimum Gasteiger partial charge on any atom is -0.462 e. The molecule has 0 aliphatic rings. The maximum Gasteiger partial charge on any atom is 0.252 e. The number of carbonyl (C=O) groups is 2. The smallest absolute Gasteiger partial charge is 0.252 e. The van der Waals surface area contributed by atoms with Crippen LogP contribution in [0, 0.1) is 6.92 Å². The Morgan fingerprint density at radius 3 is 2.64 bits per heavy atom. The van der Waals surface area contributed by atoms with E-state index in [-0.39, 0.29) is 11.8 Å². The van der Waals surface area contributed by atoms with Crippen molar-refractivity contribution in [2.75, 3.05) is 12.4 Å². The molecule has 1 aromatic heterocycles. The van der Waals surface area contributed by atoms with Gasteiger partial charge in [-0.05, 0) is 43.3 Å². The summed E-state index contributed by atoms with van der Waals surface area (Å²) in [5.74, 6) is 0.713. The fourth-order valence-electron chi connectivity index (χ4n) is 1.80. The molecule has 2 rings (SSSR count). The summed E-state index contributed by atoms with van der Waals surface area (Å²) in [4.78, 5) is 23.5. The van der Waals surface area contributed by atoms with E-state index < -0.39 is 0 Å². The van der Waals surface area contributed by atoms with Crippen LogP contribution in [0.1, 0.15) is 21.9 Å². The maximum atomic E-state index is 11.9. The molecule has 22 heavy (non-hydrogen) atoms. The Labute approximate surface area is 133 Å². The van der Waals surface area contributed by atoms with E-state index in [9.17, 15) is 9.59 Å². The van der Waals surface area contributed by atoms with Crippen molar-refractivity contribution in [2.45, 2.75) is 6.92 Å². The number of aryl methyl sites for hydroxylation is 1. The van der Waals surface area contributed by atoms with Gasteiger partial charge in [0.15, 0.2) is 0 Å². The Kier molecular flexibility index (Phi) is 5.01. The maximum absolute atomic E-state index is 11.9. The van der Waals surface area contributed by atoms with Crippen molar-refractivity contribution >= 4 is 35.2 Å². The molecule has 2 aromatic rings. The molecule has 0 spiro atoms. The number of anilines is 1. The first kappa shape index (κ1) is 15.9. The second kappa shape index (κ2) is 6.95. The summed E-state index contributed by atoms with van der Waals surface area (Å²) in [6.07, 6.45) is 2.92. The van der Waals surface area contributed by atoms with Gasteiger partial charge in [0.1, 0.15) is 11.5 Å². The molecule has 1 heterocycles. The molecule has 6 heteroatoms. The first-order valence-electron chi connectivity index (χ1n) is 6.56. The lowest BCUT2D eigenvalue weighted by Gasteiger charge is -2.07. The average Bonchev–Trinajstić information content (AvgIpc) is 2.92. The van der Waals surface area contributed by atoms with Gasteiger partial charge in [0.2, 0.25) is 5.91 Å². The minimum atomic E-state index is -0.334. The Morgan fingerprint density at radius 1 is 1.23 bits per heavy atom. The third-order valence-corrected chi connectivity index (χ3v) is 3.20. The number of amides is 2. The van der Waals surface area contributed by atoms with Gasteiger partial charge in [0.05, 0.1) is 10.6 Å². The first-order valence-corrected chi connectivity index (χ1v) is 6.94. The summed E-state index contributed by atoms with van der Waals surface area (Å²) >= 11 is 5.95. The van der Waals surface area contributed by atoms with E-state index in [4.69, 9.17) is 16.0 Å². The molecule has 1 aromatic carbocycles. The molecule has 5 nitrogen and oxygen atoms in total. The summed E-state index contributed by atoms with van der Waals surface area (Å²) in [6.45, 7) is 1.82. The number of carbonyl (C=O) groups excluding carboxylic acids is 2. The molecule has 0 radical (unpaired) electrons. The van der Waals surface area contributed by atoms with Gasteiger partial charge in [-0.1, -0.05) is 11.6 Å². The number of furan rings is 1. The van der Waals surface area contributed by atoms with Crippen molar-refractivity contribution in [3.05, 3.63) is 58.5 Å². The first-order chi connectivity index (χ1) is 10.5. The molecule has 0 bridgehead atoms. The summed E-state index contributed by atoms with van der Waals surface area (Å²) in [5, 5.41) is 5.47. The Bertz CT molecular complexity index is 735. The third kappa shape index (κ3) is 3.99. The number of hydrogen-bond donors (Lipinski definition) is 2. The highest BCUT2D eigenvalue weighted by Crippen LogP contribution is 2.20. The molecule has 0 atom stereocenters. The van der Waals surface area contributed by atoms with Crippen LogP contribution in [0.25, 0.3) is 6.08 Å². The Balaban J connectivity index is 2.08. The quantitative estimate of drug-likeness (QED) is 0.850. The fraction of sp³-hybridized carbons (Fsp3) is 0.125. The van der Waals surface area contributed by atoms with Crippen LogP contribution in [0.15, 0.2) is 40.8 Å². The van der Waals surface area contributed by atoms with Crippen LogP contribution in [0.5, 0.6) is 0 Å². The standard InChI is InChI=1S/C16H15ClN2O3/c1-10-3-5-12(22-10)6-8-15(20)19-11-4-7-14(17)13(9-11)16(21)18-2/h3-9H,1-2H3,(H,18,21)(H,19,20). The summed E-state index contributed by atoms with van der Waals surface area (Å²) in [5.41, 5.74) is 0.779. The van der Waals surface area contributed by atoms with Crippen LogP contribution in [-0.2, 0) is 4.79 Å². The lowest BCUT2D eigenvalue weighted by Crippen LogP contribution is -2.18. The van der Waals surface area contributed by atoms with Crippen LogP contribution >= 0.6 is 11.6 Å². The highest BCUT2D eigenvalue weighted by molar-refractivity contribution is 6.34. The number of halogens is 1. The third-order valence-electron chi connectivity index (χ3n) is 2.87. The van der Waals surface area contributed by atoms with Crippen molar-refractivity contribution in [3.8, 4) is 0 Å². The van der Waals surface area contributed by atoms with Crippen molar-refractivity contribution in [2.24, 2.45) is 0 Å². The van der Waals surface area contributed by atoms with E-state index in [0.717, 1.165) is 5.76 Å². The van der Waals surface area contributed by atoms with Crippen LogP contribution in [0.4, 0.5) is 5.69 Å². The van der Waals surface area contributed by atoms with Gasteiger partial charge >= 0.3 is 0 Å². The van der Waals surface area contributed by atoms with Crippen molar-refractivity contribution < 1.29 is 14.0 Å². The monoisotopic (exact) mass is 318 g/mol. The average molecular weight is 319 g/mol. The molecule has 2 amide bonds. The predicted molar refractivity (Wildman–Crippen MR) is 86.0 cm³/mol. The Hall–Kier alpha value is -2.53. The topological polar surface area (TPSA) is 71.3 Å². The van der Waals surface area contributed by atoms with E-state index in [1.807, 2.05) is 13.0 Å². The lowest BCUT2D eigenvalue weighted by atomic mass is 10.2. The zero-order valence-electron chi connectivity index (χ0n) is 12.1. The molecular formula is C16H15ClN2O3. The summed E-state index contributed by atoms with van der Waals surface area (Å²) < 4.78 is 5.33. The SMILES string of the molecule is CNC(=O)c1cc(NC(=O)C=Cc2ccc(C)o2)ccc1Cl. The highest BCUT2D eigenvalue weighted by Gasteiger charge is 2.10. The fourth-order valence-corrected chi connectivity index (χ4v) is 2.00. The molecule has 2 N–H and O–H groups in total. The Morgan fingerprint density at radius 2 is 2.00 bits per heavy atom. The lowest BCUT2D eigenvalue weighted by molar-refractivity contribution is -0.111. The molecule has 0 saturated heterocycles. The van der Waals surface area contributed by atoms with Gasteiger partial charge in [-0.25, -0.2) is 0 Å². The van der Waals surface area contributed by atoms with Gasteiger partial charge in [-0.15, -0.1) is 0 Å². The number of hydrogen-bond acceptors (Lipinski definition) is 3. The van der Waals surface area contributed by atoms with E-state index in [1.165, 1.54) is 19.2 Å². The zero-order chi connectivity index (χ0) is 16.1. The van der Waals surface area contributed by atoms with Gasteiger partial charge in [-0.2, -0.15) is 0 Å². The van der Waals surface area contributed by atoms with Gasteiger partial charge < -0.3 is 15.1 Å². The molecular weight excluding hydrogens is 304 g/mol. The highest BCUT2D eigenvalue weighted by atomic mass is 35.5. The van der Waals surface area contributed by atoms with Crippen molar-refractivity contribution in [1.29, 1.82) is 0 Å². The minimum absolute atomic E-state index is 0.299. The van der Waals surface area contributed by atoms with Crippen LogP contribution in [0.3, 0.4) is 0 Å². The zero-order valence-corrected chi connectivity index (χ0v) is 12.9.